The first-order valence-electron chi connectivity index (χ1n) is 12.4. The number of rotatable bonds is 7. The molecule has 186 valence electrons. The molecule has 2 atom stereocenters. The van der Waals surface area contributed by atoms with Crippen LogP contribution < -0.4 is 10.6 Å². The van der Waals surface area contributed by atoms with Gasteiger partial charge in [0.05, 0.1) is 27.8 Å². The van der Waals surface area contributed by atoms with Crippen LogP contribution in [0.15, 0.2) is 47.8 Å². The van der Waals surface area contributed by atoms with Crippen LogP contribution in [0.1, 0.15) is 45.4 Å². The number of benzene rings is 1. The third-order valence-corrected chi connectivity index (χ3v) is 9.67. The van der Waals surface area contributed by atoms with Gasteiger partial charge >= 0.3 is 0 Å². The maximum absolute atomic E-state index is 13.2. The molecule has 9 nitrogen and oxygen atoms in total. The van der Waals surface area contributed by atoms with Crippen molar-refractivity contribution in [2.45, 2.75) is 67.7 Å². The zero-order chi connectivity index (χ0) is 24.4. The second kappa shape index (κ2) is 9.85. The summed E-state index contributed by atoms with van der Waals surface area (Å²) in [5.74, 6) is 0.707. The number of nitrogens with one attached hydrogen (secondary N) is 3. The first-order valence-corrected chi connectivity index (χ1v) is 13.9. The zero-order valence-electron chi connectivity index (χ0n) is 19.9. The van der Waals surface area contributed by atoms with Gasteiger partial charge in [0.1, 0.15) is 17.8 Å². The van der Waals surface area contributed by atoms with Crippen LogP contribution >= 0.6 is 0 Å². The smallest absolute Gasteiger partial charge is 0.242 e. The Bertz CT molecular complexity index is 1300. The van der Waals surface area contributed by atoms with E-state index in [9.17, 15) is 13.2 Å². The molecular formula is C25H32N6O3S. The molecule has 2 aromatic heterocycles. The van der Waals surface area contributed by atoms with Gasteiger partial charge in [-0.15, -0.1) is 0 Å². The summed E-state index contributed by atoms with van der Waals surface area (Å²) in [6.45, 7) is 2.76. The molecule has 3 heterocycles. The molecule has 5 rings (SSSR count). The van der Waals surface area contributed by atoms with Gasteiger partial charge in [-0.3, -0.25) is 4.79 Å². The highest BCUT2D eigenvalue weighted by Gasteiger charge is 2.33. The number of fused-ring (bicyclic) bond motifs is 1. The Morgan fingerprint density at radius 2 is 1.91 bits per heavy atom. The van der Waals surface area contributed by atoms with Crippen LogP contribution in [0.25, 0.3) is 11.0 Å². The average Bonchev–Trinajstić information content (AvgIpc) is 3.57. The van der Waals surface area contributed by atoms with Crippen LogP contribution in [0.5, 0.6) is 0 Å². The molecule has 2 unspecified atom stereocenters. The fourth-order valence-electron chi connectivity index (χ4n) is 5.36. The Labute approximate surface area is 205 Å². The highest BCUT2D eigenvalue weighted by Crippen LogP contribution is 2.33. The van der Waals surface area contributed by atoms with Gasteiger partial charge in [0.25, 0.3) is 0 Å². The number of carbonyl (C=O) groups is 1. The number of hydrogen-bond acceptors (Lipinski definition) is 7. The number of amides is 1. The first kappa shape index (κ1) is 23.6. The summed E-state index contributed by atoms with van der Waals surface area (Å²) in [5.41, 5.74) is 1.28. The van der Waals surface area contributed by atoms with E-state index in [-0.39, 0.29) is 29.8 Å². The minimum atomic E-state index is -3.42. The summed E-state index contributed by atoms with van der Waals surface area (Å²) >= 11 is 0. The molecule has 1 aliphatic heterocycles. The number of H-pyrrole nitrogens is 1. The molecule has 2 fully saturated rings. The summed E-state index contributed by atoms with van der Waals surface area (Å²) in [5, 5.41) is 7.24. The molecule has 0 spiro atoms. The maximum Gasteiger partial charge on any atom is 0.242 e. The Hall–Kier alpha value is -3.14. The van der Waals surface area contributed by atoms with Crippen LogP contribution in [0, 0.1) is 0 Å². The minimum Gasteiger partial charge on any atom is -0.375 e. The second-order valence-corrected chi connectivity index (χ2v) is 11.7. The fraction of sp³-hybridized carbons (Fsp3) is 0.480. The fourth-order valence-corrected chi connectivity index (χ4v) is 7.39. The molecule has 2 aliphatic rings. The van der Waals surface area contributed by atoms with Gasteiger partial charge < -0.3 is 20.5 Å². The summed E-state index contributed by atoms with van der Waals surface area (Å²) in [6.07, 6.45) is 8.47. The predicted octanol–water partition coefficient (Wildman–Crippen LogP) is 3.58. The zero-order valence-corrected chi connectivity index (χ0v) is 20.7. The van der Waals surface area contributed by atoms with Crippen molar-refractivity contribution in [1.29, 1.82) is 0 Å². The van der Waals surface area contributed by atoms with E-state index in [1.54, 1.807) is 24.3 Å². The molecule has 3 aromatic rings. The Morgan fingerprint density at radius 3 is 2.74 bits per heavy atom. The van der Waals surface area contributed by atoms with Gasteiger partial charge in [-0.25, -0.2) is 18.4 Å². The number of aromatic amines is 1. The van der Waals surface area contributed by atoms with E-state index in [2.05, 4.69) is 25.6 Å². The van der Waals surface area contributed by atoms with Crippen molar-refractivity contribution in [1.82, 2.24) is 19.9 Å². The van der Waals surface area contributed by atoms with E-state index in [1.807, 2.05) is 24.1 Å². The Balaban J connectivity index is 1.26. The van der Waals surface area contributed by atoms with E-state index in [1.165, 1.54) is 6.33 Å². The summed E-state index contributed by atoms with van der Waals surface area (Å²) in [6, 6.07) is 8.88. The van der Waals surface area contributed by atoms with Crippen LogP contribution in [0.2, 0.25) is 0 Å². The molecule has 0 radical (unpaired) electrons. The van der Waals surface area contributed by atoms with Gasteiger partial charge in [-0.2, -0.15) is 0 Å². The summed E-state index contributed by atoms with van der Waals surface area (Å²) in [7, 11) is -3.42. The van der Waals surface area contributed by atoms with Crippen molar-refractivity contribution in [2.24, 2.45) is 0 Å². The van der Waals surface area contributed by atoms with Crippen molar-refractivity contribution in [3.05, 3.63) is 42.9 Å². The van der Waals surface area contributed by atoms with E-state index < -0.39 is 9.84 Å². The Kier molecular flexibility index (Phi) is 6.64. The van der Waals surface area contributed by atoms with Crippen LogP contribution in [0.4, 0.5) is 11.5 Å². The van der Waals surface area contributed by atoms with Gasteiger partial charge in [-0.05, 0) is 50.8 Å². The first-order chi connectivity index (χ1) is 16.9. The standard InChI is InChI=1S/C25H32N6O3S/c1-17-20(30-25-19-12-13-26-24(19)28-16-29-25)10-6-14-31(17)23(32)15-27-21-9-4-5-11-22(21)35(33,34)18-7-2-3-8-18/h4-5,9,11-13,16-18,20,27H,2-3,6-8,10,14-15H2,1H3,(H2,26,28,29,30). The van der Waals surface area contributed by atoms with Crippen LogP contribution in [0.3, 0.4) is 0 Å². The molecule has 1 saturated heterocycles. The predicted molar refractivity (Wildman–Crippen MR) is 136 cm³/mol. The molecule has 1 saturated carbocycles. The van der Waals surface area contributed by atoms with E-state index in [0.29, 0.717) is 30.0 Å². The number of nitrogens with zero attached hydrogens (tertiary/aromatic N) is 3. The van der Waals surface area contributed by atoms with Crippen molar-refractivity contribution in [3.63, 3.8) is 0 Å². The number of aromatic nitrogens is 3. The molecule has 1 amide bonds. The van der Waals surface area contributed by atoms with Crippen molar-refractivity contribution >= 4 is 38.3 Å². The Morgan fingerprint density at radius 1 is 1.11 bits per heavy atom. The van der Waals surface area contributed by atoms with E-state index in [0.717, 1.165) is 42.5 Å². The maximum atomic E-state index is 13.2. The normalized spacial score (nSPS) is 21.3. The third-order valence-electron chi connectivity index (χ3n) is 7.35. The minimum absolute atomic E-state index is 0.0422. The highest BCUT2D eigenvalue weighted by atomic mass is 32.2. The lowest BCUT2D eigenvalue weighted by molar-refractivity contribution is -0.132. The van der Waals surface area contributed by atoms with Gasteiger partial charge in [0.15, 0.2) is 9.84 Å². The number of piperidine rings is 1. The van der Waals surface area contributed by atoms with Crippen molar-refractivity contribution in [2.75, 3.05) is 23.7 Å². The second-order valence-electron chi connectivity index (χ2n) is 9.48. The molecule has 0 bridgehead atoms. The SMILES string of the molecule is CC1C(Nc2ncnc3[nH]ccc23)CCCN1C(=O)CNc1ccccc1S(=O)(=O)C1CCCC1. The number of carbonyl (C=O) groups excluding carboxylic acids is 1. The number of para-hydroxylation sites is 1. The van der Waals surface area contributed by atoms with Gasteiger partial charge in [0, 0.05) is 24.8 Å². The number of sulfone groups is 1. The van der Waals surface area contributed by atoms with Crippen molar-refractivity contribution < 1.29 is 13.2 Å². The van der Waals surface area contributed by atoms with E-state index >= 15 is 0 Å². The van der Waals surface area contributed by atoms with Crippen molar-refractivity contribution in [3.8, 4) is 0 Å². The van der Waals surface area contributed by atoms with Crippen LogP contribution in [-0.2, 0) is 14.6 Å². The van der Waals surface area contributed by atoms with E-state index in [4.69, 9.17) is 0 Å². The number of hydrogen-bond donors (Lipinski definition) is 3. The quantitative estimate of drug-likeness (QED) is 0.457. The topological polar surface area (TPSA) is 120 Å². The van der Waals surface area contributed by atoms with Gasteiger partial charge in [-0.1, -0.05) is 25.0 Å². The summed E-state index contributed by atoms with van der Waals surface area (Å²) in [4.78, 5) is 27.1. The number of anilines is 2. The van der Waals surface area contributed by atoms with Gasteiger partial charge in [0.2, 0.25) is 5.91 Å². The lowest BCUT2D eigenvalue weighted by Crippen LogP contribution is -2.53. The molecule has 1 aliphatic carbocycles. The molecular weight excluding hydrogens is 464 g/mol. The molecule has 35 heavy (non-hydrogen) atoms. The van der Waals surface area contributed by atoms with Crippen LogP contribution in [-0.4, -0.2) is 64.6 Å². The average molecular weight is 497 g/mol. The molecule has 1 aromatic carbocycles. The number of likely N-dealkylation sites (tertiary alicyclic amines) is 1. The largest absolute Gasteiger partial charge is 0.375 e. The monoisotopic (exact) mass is 496 g/mol. The molecule has 10 heteroatoms. The lowest BCUT2D eigenvalue weighted by atomic mass is 9.97. The lowest BCUT2D eigenvalue weighted by Gasteiger charge is -2.40. The summed E-state index contributed by atoms with van der Waals surface area (Å²) < 4.78 is 26.4. The molecule has 3 N–H and O–H groups in total. The highest BCUT2D eigenvalue weighted by molar-refractivity contribution is 7.92. The third kappa shape index (κ3) is 4.71.